The van der Waals surface area contributed by atoms with Gasteiger partial charge in [-0.2, -0.15) is 0 Å². The van der Waals surface area contributed by atoms with Crippen molar-refractivity contribution in [3.05, 3.63) is 80.9 Å². The van der Waals surface area contributed by atoms with Gasteiger partial charge in [0, 0.05) is 22.3 Å². The molecule has 0 amide bonds. The number of phenols is 2. The van der Waals surface area contributed by atoms with Crippen LogP contribution in [0.2, 0.25) is 0 Å². The summed E-state index contributed by atoms with van der Waals surface area (Å²) in [4.78, 5) is 12.9. The molecule has 1 spiro atoms. The van der Waals surface area contributed by atoms with Crippen molar-refractivity contribution in [2.75, 3.05) is 0 Å². The number of ether oxygens (including phenoxy) is 2. The van der Waals surface area contributed by atoms with Gasteiger partial charge in [-0.1, -0.05) is 18.2 Å². The highest BCUT2D eigenvalue weighted by atomic mass is 16.6. The Balaban J connectivity index is 2.01. The molecule has 2 N–H and O–H groups in total. The van der Waals surface area contributed by atoms with E-state index < -0.39 is 11.6 Å². The Bertz CT molecular complexity index is 1240. The van der Waals surface area contributed by atoms with Crippen LogP contribution < -0.4 is 4.74 Å². The Morgan fingerprint density at radius 3 is 2.28 bits per heavy atom. The highest BCUT2D eigenvalue weighted by Gasteiger charge is 2.55. The van der Waals surface area contributed by atoms with Crippen LogP contribution in [0.5, 0.6) is 23.0 Å². The van der Waals surface area contributed by atoms with Gasteiger partial charge in [0.25, 0.3) is 0 Å². The van der Waals surface area contributed by atoms with Crippen LogP contribution in [-0.2, 0) is 10.3 Å². The molecule has 2 aliphatic rings. The highest BCUT2D eigenvalue weighted by molar-refractivity contribution is 5.97. The summed E-state index contributed by atoms with van der Waals surface area (Å²) in [6, 6.07) is 10.7. The molecule has 5 nitrogen and oxygen atoms in total. The standard InChI is InChI=1S/C24H20O5/c1-11-12(2)20(26)14(4)22-19(11)24(16-8-6-5-7-15(16)23(27)29-24)17-9-10-18(25)13(3)21(17)28-22/h5-10,25-26H,1-4H3. The van der Waals surface area contributed by atoms with E-state index in [9.17, 15) is 15.0 Å². The maximum Gasteiger partial charge on any atom is 0.340 e. The first-order valence-corrected chi connectivity index (χ1v) is 9.46. The minimum Gasteiger partial charge on any atom is -0.508 e. The highest BCUT2D eigenvalue weighted by Crippen LogP contribution is 2.60. The Morgan fingerprint density at radius 2 is 1.52 bits per heavy atom. The molecule has 0 bridgehead atoms. The zero-order valence-electron chi connectivity index (χ0n) is 16.6. The van der Waals surface area contributed by atoms with E-state index in [4.69, 9.17) is 9.47 Å². The van der Waals surface area contributed by atoms with Crippen LogP contribution in [0.25, 0.3) is 0 Å². The molecule has 146 valence electrons. The maximum absolute atomic E-state index is 12.9. The van der Waals surface area contributed by atoms with Gasteiger partial charge in [0.15, 0.2) is 5.60 Å². The van der Waals surface area contributed by atoms with Crippen molar-refractivity contribution >= 4 is 5.97 Å². The molecule has 5 rings (SSSR count). The molecular formula is C24H20O5. The van der Waals surface area contributed by atoms with Crippen molar-refractivity contribution in [2.24, 2.45) is 0 Å². The third-order valence-electron chi connectivity index (χ3n) is 6.30. The second-order valence-electron chi connectivity index (χ2n) is 7.73. The molecule has 29 heavy (non-hydrogen) atoms. The van der Waals surface area contributed by atoms with Crippen LogP contribution in [0.1, 0.15) is 49.3 Å². The average Bonchev–Trinajstić information content (AvgIpc) is 3.01. The van der Waals surface area contributed by atoms with Crippen LogP contribution in [0.4, 0.5) is 0 Å². The Labute approximate surface area is 168 Å². The van der Waals surface area contributed by atoms with Crippen LogP contribution in [0, 0.1) is 27.7 Å². The Hall–Kier alpha value is -3.47. The van der Waals surface area contributed by atoms with Gasteiger partial charge in [0.2, 0.25) is 0 Å². The van der Waals surface area contributed by atoms with Crippen LogP contribution >= 0.6 is 0 Å². The summed E-state index contributed by atoms with van der Waals surface area (Å²) in [5.74, 6) is 0.720. The molecule has 5 heteroatoms. The van der Waals surface area contributed by atoms with Crippen LogP contribution in [0.3, 0.4) is 0 Å². The largest absolute Gasteiger partial charge is 0.508 e. The fourth-order valence-corrected chi connectivity index (χ4v) is 4.59. The molecule has 1 unspecified atom stereocenters. The number of esters is 1. The van der Waals surface area contributed by atoms with Gasteiger partial charge in [-0.3, -0.25) is 0 Å². The molecule has 2 aliphatic heterocycles. The predicted octanol–water partition coefficient (Wildman–Crippen LogP) is 4.90. The molecule has 0 fully saturated rings. The van der Waals surface area contributed by atoms with E-state index in [2.05, 4.69) is 0 Å². The maximum atomic E-state index is 12.9. The summed E-state index contributed by atoms with van der Waals surface area (Å²) in [6.07, 6.45) is 0. The molecule has 0 radical (unpaired) electrons. The third-order valence-corrected chi connectivity index (χ3v) is 6.30. The van der Waals surface area contributed by atoms with E-state index >= 15 is 0 Å². The zero-order chi connectivity index (χ0) is 20.7. The lowest BCUT2D eigenvalue weighted by molar-refractivity contribution is 0.0221. The number of carbonyl (C=O) groups is 1. The van der Waals surface area contributed by atoms with Gasteiger partial charge in [0.05, 0.1) is 11.1 Å². The number of fused-ring (bicyclic) bond motifs is 6. The first kappa shape index (κ1) is 17.6. The second-order valence-corrected chi connectivity index (χ2v) is 7.73. The number of hydrogen-bond acceptors (Lipinski definition) is 5. The monoisotopic (exact) mass is 388 g/mol. The molecule has 3 aromatic rings. The van der Waals surface area contributed by atoms with Gasteiger partial charge in [-0.15, -0.1) is 0 Å². The summed E-state index contributed by atoms with van der Waals surface area (Å²) in [5, 5.41) is 20.9. The van der Waals surface area contributed by atoms with Crippen LogP contribution in [-0.4, -0.2) is 16.2 Å². The summed E-state index contributed by atoms with van der Waals surface area (Å²) >= 11 is 0. The molecule has 0 aliphatic carbocycles. The molecule has 0 saturated heterocycles. The van der Waals surface area contributed by atoms with E-state index in [0.717, 1.165) is 11.1 Å². The van der Waals surface area contributed by atoms with Gasteiger partial charge < -0.3 is 19.7 Å². The van der Waals surface area contributed by atoms with E-state index in [0.29, 0.717) is 44.9 Å². The molecule has 0 aromatic heterocycles. The molecule has 1 atom stereocenters. The average molecular weight is 388 g/mol. The minimum atomic E-state index is -1.21. The van der Waals surface area contributed by atoms with E-state index in [1.54, 1.807) is 32.0 Å². The van der Waals surface area contributed by atoms with E-state index in [1.807, 2.05) is 32.0 Å². The SMILES string of the molecule is Cc1c(C)c2c(c(C)c1O)Oc1c(ccc(O)c1C)C21OC(=O)c2ccccc21. The number of hydrogen-bond donors (Lipinski definition) is 2. The number of benzene rings is 3. The number of phenolic OH excluding ortho intramolecular Hbond substituents is 2. The van der Waals surface area contributed by atoms with Gasteiger partial charge in [-0.05, 0) is 57.0 Å². The Morgan fingerprint density at radius 1 is 0.793 bits per heavy atom. The Kier molecular flexibility index (Phi) is 3.36. The summed E-state index contributed by atoms with van der Waals surface area (Å²) < 4.78 is 12.4. The van der Waals surface area contributed by atoms with Gasteiger partial charge >= 0.3 is 5.97 Å². The summed E-state index contributed by atoms with van der Waals surface area (Å²) in [6.45, 7) is 7.27. The van der Waals surface area contributed by atoms with Gasteiger partial charge in [-0.25, -0.2) is 4.79 Å². The topological polar surface area (TPSA) is 76.0 Å². The van der Waals surface area contributed by atoms with Crippen molar-refractivity contribution in [3.63, 3.8) is 0 Å². The molecule has 0 saturated carbocycles. The fourth-order valence-electron chi connectivity index (χ4n) is 4.59. The van der Waals surface area contributed by atoms with Crippen molar-refractivity contribution in [2.45, 2.75) is 33.3 Å². The normalized spacial score (nSPS) is 18.7. The van der Waals surface area contributed by atoms with Crippen LogP contribution in [0.15, 0.2) is 36.4 Å². The van der Waals surface area contributed by atoms with E-state index in [1.165, 1.54) is 0 Å². The van der Waals surface area contributed by atoms with Crippen molar-refractivity contribution in [1.29, 1.82) is 0 Å². The lowest BCUT2D eigenvalue weighted by Gasteiger charge is -2.39. The number of carbonyl (C=O) groups excluding carboxylic acids is 1. The molecular weight excluding hydrogens is 368 g/mol. The second kappa shape index (κ2) is 5.54. The van der Waals surface area contributed by atoms with Crippen molar-refractivity contribution < 1.29 is 24.5 Å². The summed E-state index contributed by atoms with van der Waals surface area (Å²) in [7, 11) is 0. The molecule has 2 heterocycles. The van der Waals surface area contributed by atoms with Gasteiger partial charge in [0.1, 0.15) is 23.0 Å². The predicted molar refractivity (Wildman–Crippen MR) is 107 cm³/mol. The smallest absolute Gasteiger partial charge is 0.340 e. The lowest BCUT2D eigenvalue weighted by atomic mass is 9.74. The molecule has 3 aromatic carbocycles. The third kappa shape index (κ3) is 1.97. The van der Waals surface area contributed by atoms with Crippen molar-refractivity contribution in [1.82, 2.24) is 0 Å². The fraction of sp³-hybridized carbons (Fsp3) is 0.208. The van der Waals surface area contributed by atoms with E-state index in [-0.39, 0.29) is 11.5 Å². The summed E-state index contributed by atoms with van der Waals surface area (Å²) in [5.41, 5.74) is 4.01. The van der Waals surface area contributed by atoms with Crippen molar-refractivity contribution in [3.8, 4) is 23.0 Å². The zero-order valence-corrected chi connectivity index (χ0v) is 16.6. The minimum absolute atomic E-state index is 0.0886. The first-order chi connectivity index (χ1) is 13.8. The number of aromatic hydroxyl groups is 2. The lowest BCUT2D eigenvalue weighted by Crippen LogP contribution is -2.34. The quantitative estimate of drug-likeness (QED) is 0.536. The number of rotatable bonds is 0. The first-order valence-electron chi connectivity index (χ1n) is 9.46.